The number of rotatable bonds is 4. The molecule has 2 nitrogen and oxygen atoms in total. The van der Waals surface area contributed by atoms with Crippen LogP contribution >= 0.6 is 0 Å². The number of piperidine rings is 1. The fraction of sp³-hybridized carbons (Fsp3) is 0.625. The molecule has 1 aliphatic rings. The van der Waals surface area contributed by atoms with Crippen LogP contribution in [0.4, 0.5) is 0 Å². The van der Waals surface area contributed by atoms with Gasteiger partial charge in [0.25, 0.3) is 0 Å². The van der Waals surface area contributed by atoms with Gasteiger partial charge in [0.15, 0.2) is 0 Å². The average molecular weight is 247 g/mol. The number of likely N-dealkylation sites (tertiary alicyclic amines) is 1. The van der Waals surface area contributed by atoms with Crippen LogP contribution in [0.25, 0.3) is 0 Å². The van der Waals surface area contributed by atoms with E-state index in [0.29, 0.717) is 6.04 Å². The molecule has 2 rings (SSSR count). The van der Waals surface area contributed by atoms with E-state index in [4.69, 9.17) is 4.74 Å². The first-order valence-corrected chi connectivity index (χ1v) is 7.01. The van der Waals surface area contributed by atoms with Crippen LogP contribution in [0, 0.1) is 0 Å². The highest BCUT2D eigenvalue weighted by Gasteiger charge is 2.31. The van der Waals surface area contributed by atoms with E-state index in [1.807, 2.05) is 6.07 Å². The van der Waals surface area contributed by atoms with Gasteiger partial charge in [-0.1, -0.05) is 30.3 Å². The first kappa shape index (κ1) is 13.6. The molecular formula is C16H25NO. The van der Waals surface area contributed by atoms with Crippen molar-refractivity contribution in [2.45, 2.75) is 51.9 Å². The van der Waals surface area contributed by atoms with Crippen molar-refractivity contribution in [3.8, 4) is 0 Å². The normalized spacial score (nSPS) is 20.2. The summed E-state index contributed by atoms with van der Waals surface area (Å²) >= 11 is 0. The molecule has 0 unspecified atom stereocenters. The molecule has 1 aromatic rings. The molecule has 100 valence electrons. The lowest BCUT2D eigenvalue weighted by Crippen LogP contribution is -2.46. The molecule has 0 radical (unpaired) electrons. The summed E-state index contributed by atoms with van der Waals surface area (Å²) in [4.78, 5) is 2.54. The van der Waals surface area contributed by atoms with E-state index in [0.717, 1.165) is 32.5 Å². The SMILES string of the molecule is CC(C)N1CCC(C)(OCc2ccccc2)CC1. The van der Waals surface area contributed by atoms with Crippen molar-refractivity contribution in [1.82, 2.24) is 4.90 Å². The fourth-order valence-electron chi connectivity index (χ4n) is 2.49. The van der Waals surface area contributed by atoms with E-state index >= 15 is 0 Å². The van der Waals surface area contributed by atoms with Crippen molar-refractivity contribution in [1.29, 1.82) is 0 Å². The summed E-state index contributed by atoms with van der Waals surface area (Å²) in [7, 11) is 0. The van der Waals surface area contributed by atoms with Crippen LogP contribution in [0.1, 0.15) is 39.2 Å². The summed E-state index contributed by atoms with van der Waals surface area (Å²) in [6.45, 7) is 9.85. The minimum Gasteiger partial charge on any atom is -0.371 e. The van der Waals surface area contributed by atoms with Gasteiger partial charge < -0.3 is 9.64 Å². The van der Waals surface area contributed by atoms with E-state index in [2.05, 4.69) is 49.9 Å². The topological polar surface area (TPSA) is 12.5 Å². The Kier molecular flexibility index (Phi) is 4.41. The van der Waals surface area contributed by atoms with Gasteiger partial charge in [0.1, 0.15) is 0 Å². The summed E-state index contributed by atoms with van der Waals surface area (Å²) in [5.41, 5.74) is 1.33. The van der Waals surface area contributed by atoms with Gasteiger partial charge in [-0.05, 0) is 39.2 Å². The minimum absolute atomic E-state index is 0.0568. The van der Waals surface area contributed by atoms with Gasteiger partial charge in [-0.2, -0.15) is 0 Å². The second-order valence-electron chi connectivity index (χ2n) is 5.85. The van der Waals surface area contributed by atoms with Gasteiger partial charge in [0.2, 0.25) is 0 Å². The molecule has 1 heterocycles. The molecule has 1 aliphatic heterocycles. The third kappa shape index (κ3) is 3.56. The molecule has 1 saturated heterocycles. The van der Waals surface area contributed by atoms with E-state index in [1.165, 1.54) is 5.56 Å². The van der Waals surface area contributed by atoms with Crippen LogP contribution in [0.3, 0.4) is 0 Å². The Morgan fingerprint density at radius 2 is 1.78 bits per heavy atom. The largest absolute Gasteiger partial charge is 0.371 e. The van der Waals surface area contributed by atoms with E-state index in [1.54, 1.807) is 0 Å². The van der Waals surface area contributed by atoms with Gasteiger partial charge in [-0.3, -0.25) is 0 Å². The minimum atomic E-state index is 0.0568. The summed E-state index contributed by atoms with van der Waals surface area (Å²) < 4.78 is 6.16. The summed E-state index contributed by atoms with van der Waals surface area (Å²) in [5, 5.41) is 0. The Labute approximate surface area is 111 Å². The number of hydrogen-bond donors (Lipinski definition) is 0. The Balaban J connectivity index is 1.83. The van der Waals surface area contributed by atoms with Crippen molar-refractivity contribution < 1.29 is 4.74 Å². The predicted molar refractivity (Wildman–Crippen MR) is 75.6 cm³/mol. The van der Waals surface area contributed by atoms with Crippen LogP contribution in [0.2, 0.25) is 0 Å². The molecule has 1 aromatic carbocycles. The maximum absolute atomic E-state index is 6.16. The molecule has 0 spiro atoms. The lowest BCUT2D eigenvalue weighted by Gasteiger charge is -2.41. The molecule has 0 atom stereocenters. The Bertz CT molecular complexity index is 353. The van der Waals surface area contributed by atoms with Gasteiger partial charge in [0, 0.05) is 19.1 Å². The first-order valence-electron chi connectivity index (χ1n) is 7.01. The zero-order valence-corrected chi connectivity index (χ0v) is 11.9. The smallest absolute Gasteiger partial charge is 0.0724 e. The molecule has 0 amide bonds. The molecular weight excluding hydrogens is 222 g/mol. The zero-order valence-electron chi connectivity index (χ0n) is 11.9. The summed E-state index contributed by atoms with van der Waals surface area (Å²) in [6, 6.07) is 11.1. The van der Waals surface area contributed by atoms with Crippen molar-refractivity contribution in [2.75, 3.05) is 13.1 Å². The molecule has 0 N–H and O–H groups in total. The summed E-state index contributed by atoms with van der Waals surface area (Å²) in [5.74, 6) is 0. The standard InChI is InChI=1S/C16H25NO/c1-14(2)17-11-9-16(3,10-12-17)18-13-15-7-5-4-6-8-15/h4-8,14H,9-13H2,1-3H3. The predicted octanol–water partition coefficient (Wildman–Crippen LogP) is 3.47. The number of ether oxygens (including phenoxy) is 1. The monoisotopic (exact) mass is 247 g/mol. The fourth-order valence-corrected chi connectivity index (χ4v) is 2.49. The molecule has 18 heavy (non-hydrogen) atoms. The molecule has 2 heteroatoms. The van der Waals surface area contributed by atoms with Crippen LogP contribution in [-0.2, 0) is 11.3 Å². The lowest BCUT2D eigenvalue weighted by molar-refractivity contribution is -0.0839. The van der Waals surface area contributed by atoms with Crippen LogP contribution in [-0.4, -0.2) is 29.6 Å². The second kappa shape index (κ2) is 5.85. The van der Waals surface area contributed by atoms with Gasteiger partial charge in [-0.25, -0.2) is 0 Å². The van der Waals surface area contributed by atoms with Gasteiger partial charge in [-0.15, -0.1) is 0 Å². The number of hydrogen-bond acceptors (Lipinski definition) is 2. The Morgan fingerprint density at radius 1 is 1.17 bits per heavy atom. The van der Waals surface area contributed by atoms with Crippen LogP contribution in [0.5, 0.6) is 0 Å². The molecule has 0 saturated carbocycles. The highest BCUT2D eigenvalue weighted by Crippen LogP contribution is 2.27. The Morgan fingerprint density at radius 3 is 2.33 bits per heavy atom. The van der Waals surface area contributed by atoms with Crippen LogP contribution < -0.4 is 0 Å². The summed E-state index contributed by atoms with van der Waals surface area (Å²) in [6.07, 6.45) is 2.27. The molecule has 0 aliphatic carbocycles. The Hall–Kier alpha value is -0.860. The third-order valence-electron chi connectivity index (χ3n) is 4.02. The van der Waals surface area contributed by atoms with E-state index in [9.17, 15) is 0 Å². The zero-order chi connectivity index (χ0) is 13.0. The number of benzene rings is 1. The molecule has 0 aromatic heterocycles. The average Bonchev–Trinajstić information content (AvgIpc) is 2.38. The quantitative estimate of drug-likeness (QED) is 0.808. The highest BCUT2D eigenvalue weighted by atomic mass is 16.5. The highest BCUT2D eigenvalue weighted by molar-refractivity contribution is 5.13. The maximum atomic E-state index is 6.16. The molecule has 0 bridgehead atoms. The maximum Gasteiger partial charge on any atom is 0.0724 e. The first-order chi connectivity index (χ1) is 8.59. The second-order valence-corrected chi connectivity index (χ2v) is 5.85. The van der Waals surface area contributed by atoms with Gasteiger partial charge >= 0.3 is 0 Å². The third-order valence-corrected chi connectivity index (χ3v) is 4.02. The van der Waals surface area contributed by atoms with Gasteiger partial charge in [0.05, 0.1) is 12.2 Å². The van der Waals surface area contributed by atoms with E-state index < -0.39 is 0 Å². The number of nitrogens with zero attached hydrogens (tertiary/aromatic N) is 1. The van der Waals surface area contributed by atoms with E-state index in [-0.39, 0.29) is 5.60 Å². The van der Waals surface area contributed by atoms with Crippen LogP contribution in [0.15, 0.2) is 30.3 Å². The van der Waals surface area contributed by atoms with Crippen molar-refractivity contribution >= 4 is 0 Å². The lowest BCUT2D eigenvalue weighted by atomic mass is 9.92. The van der Waals surface area contributed by atoms with Crippen molar-refractivity contribution in [2.24, 2.45) is 0 Å². The van der Waals surface area contributed by atoms with Crippen molar-refractivity contribution in [3.05, 3.63) is 35.9 Å². The molecule has 1 fully saturated rings. The van der Waals surface area contributed by atoms with Crippen molar-refractivity contribution in [3.63, 3.8) is 0 Å².